The fourth-order valence-electron chi connectivity index (χ4n) is 1.83. The van der Waals surface area contributed by atoms with Gasteiger partial charge in [0, 0.05) is 7.11 Å². The summed E-state index contributed by atoms with van der Waals surface area (Å²) in [6, 6.07) is 0. The molecule has 0 aromatic rings. The minimum atomic E-state index is -1.35. The molecule has 1 aliphatic carbocycles. The first-order chi connectivity index (χ1) is 6.83. The van der Waals surface area contributed by atoms with Gasteiger partial charge < -0.3 is 8.85 Å². The van der Waals surface area contributed by atoms with E-state index in [-0.39, 0.29) is 0 Å². The molecule has 0 aliphatic heterocycles. The van der Waals surface area contributed by atoms with E-state index in [1.807, 2.05) is 12.8 Å². The summed E-state index contributed by atoms with van der Waals surface area (Å²) in [7, 11) is 0.367. The summed E-state index contributed by atoms with van der Waals surface area (Å²) in [6.45, 7) is 2.04. The van der Waals surface area contributed by atoms with Gasteiger partial charge in [-0.05, 0) is 31.4 Å². The van der Waals surface area contributed by atoms with Crippen molar-refractivity contribution in [3.05, 3.63) is 12.3 Å². The SMILES string of the molecule is CO[SiH](C)OC=CC1CCCCCC1. The lowest BCUT2D eigenvalue weighted by molar-refractivity contribution is 0.311. The Bertz CT molecular complexity index is 163. The molecule has 0 saturated heterocycles. The fourth-order valence-corrected chi connectivity index (χ4v) is 2.25. The molecule has 1 fully saturated rings. The molecule has 2 nitrogen and oxygen atoms in total. The molecule has 0 heterocycles. The third kappa shape index (κ3) is 4.82. The van der Waals surface area contributed by atoms with Crippen molar-refractivity contribution in [2.45, 2.75) is 45.1 Å². The summed E-state index contributed by atoms with van der Waals surface area (Å²) < 4.78 is 10.6. The summed E-state index contributed by atoms with van der Waals surface area (Å²) in [4.78, 5) is 0. The first kappa shape index (κ1) is 11.8. The average Bonchev–Trinajstić information content (AvgIpc) is 2.46. The van der Waals surface area contributed by atoms with Crippen molar-refractivity contribution in [2.24, 2.45) is 5.92 Å². The van der Waals surface area contributed by atoms with Crippen LogP contribution in [0.5, 0.6) is 0 Å². The highest BCUT2D eigenvalue weighted by Crippen LogP contribution is 2.23. The van der Waals surface area contributed by atoms with Crippen LogP contribution in [-0.2, 0) is 8.85 Å². The number of hydrogen-bond donors (Lipinski definition) is 0. The maximum atomic E-state index is 5.47. The van der Waals surface area contributed by atoms with Crippen LogP contribution < -0.4 is 0 Å². The first-order valence-electron chi connectivity index (χ1n) is 5.68. The molecule has 0 bridgehead atoms. The second-order valence-corrected chi connectivity index (χ2v) is 5.90. The molecule has 1 rings (SSSR count). The minimum absolute atomic E-state index is 0.746. The van der Waals surface area contributed by atoms with Crippen molar-refractivity contribution < 1.29 is 8.85 Å². The number of allylic oxidation sites excluding steroid dienone is 1. The average molecular weight is 214 g/mol. The molecule has 1 atom stereocenters. The predicted octanol–water partition coefficient (Wildman–Crippen LogP) is 2.98. The van der Waals surface area contributed by atoms with Gasteiger partial charge in [-0.25, -0.2) is 0 Å². The molecule has 0 amide bonds. The molecule has 1 unspecified atom stereocenters. The van der Waals surface area contributed by atoms with Crippen LogP contribution in [0.25, 0.3) is 0 Å². The summed E-state index contributed by atoms with van der Waals surface area (Å²) in [5.41, 5.74) is 0. The lowest BCUT2D eigenvalue weighted by atomic mass is 10.0. The van der Waals surface area contributed by atoms with Gasteiger partial charge in [0.2, 0.25) is 0 Å². The molecule has 3 heteroatoms. The van der Waals surface area contributed by atoms with Gasteiger partial charge in [-0.15, -0.1) is 0 Å². The van der Waals surface area contributed by atoms with E-state index < -0.39 is 9.28 Å². The van der Waals surface area contributed by atoms with Crippen molar-refractivity contribution in [3.63, 3.8) is 0 Å². The second-order valence-electron chi connectivity index (χ2n) is 4.02. The van der Waals surface area contributed by atoms with Gasteiger partial charge in [-0.1, -0.05) is 25.7 Å². The van der Waals surface area contributed by atoms with Gasteiger partial charge in [0.05, 0.1) is 6.26 Å². The zero-order valence-corrected chi connectivity index (χ0v) is 10.5. The smallest absolute Gasteiger partial charge is 0.378 e. The van der Waals surface area contributed by atoms with Crippen LogP contribution >= 0.6 is 0 Å². The quantitative estimate of drug-likeness (QED) is 0.407. The Labute approximate surface area is 89.1 Å². The van der Waals surface area contributed by atoms with E-state index in [0.29, 0.717) is 0 Å². The second kappa shape index (κ2) is 7.07. The molecular weight excluding hydrogens is 192 g/mol. The molecule has 0 N–H and O–H groups in total. The van der Waals surface area contributed by atoms with E-state index in [9.17, 15) is 0 Å². The molecule has 82 valence electrons. The standard InChI is InChI=1S/C11H22O2Si/c1-12-14(2)13-10-9-11-7-5-3-4-6-8-11/h9-11,14H,3-8H2,1-2H3. The van der Waals surface area contributed by atoms with Gasteiger partial charge in [-0.2, -0.15) is 0 Å². The third-order valence-corrected chi connectivity index (χ3v) is 4.06. The van der Waals surface area contributed by atoms with Gasteiger partial charge in [0.25, 0.3) is 0 Å². The molecule has 0 aromatic carbocycles. The lowest BCUT2D eigenvalue weighted by Gasteiger charge is -2.10. The van der Waals surface area contributed by atoms with Crippen LogP contribution in [0.1, 0.15) is 38.5 Å². The normalized spacial score (nSPS) is 22.1. The van der Waals surface area contributed by atoms with E-state index in [2.05, 4.69) is 6.08 Å². The lowest BCUT2D eigenvalue weighted by Crippen LogP contribution is -2.12. The Kier molecular flexibility index (Phi) is 5.95. The molecule has 14 heavy (non-hydrogen) atoms. The van der Waals surface area contributed by atoms with Crippen molar-refractivity contribution in [1.29, 1.82) is 0 Å². The van der Waals surface area contributed by atoms with Crippen molar-refractivity contribution in [2.75, 3.05) is 7.11 Å². The van der Waals surface area contributed by atoms with Crippen LogP contribution in [0.2, 0.25) is 6.55 Å². The van der Waals surface area contributed by atoms with Gasteiger partial charge in [0.15, 0.2) is 0 Å². The van der Waals surface area contributed by atoms with E-state index in [1.165, 1.54) is 38.5 Å². The van der Waals surface area contributed by atoms with Gasteiger partial charge in [0.1, 0.15) is 0 Å². The van der Waals surface area contributed by atoms with Crippen molar-refractivity contribution in [3.8, 4) is 0 Å². The highest BCUT2D eigenvalue weighted by molar-refractivity contribution is 6.42. The fraction of sp³-hybridized carbons (Fsp3) is 0.818. The summed E-state index contributed by atoms with van der Waals surface area (Å²) >= 11 is 0. The Morgan fingerprint density at radius 2 is 1.79 bits per heavy atom. The van der Waals surface area contributed by atoms with Crippen molar-refractivity contribution in [1.82, 2.24) is 0 Å². The zero-order valence-electron chi connectivity index (χ0n) is 9.37. The predicted molar refractivity (Wildman–Crippen MR) is 61.4 cm³/mol. The zero-order chi connectivity index (χ0) is 10.2. The first-order valence-corrected chi connectivity index (χ1v) is 7.77. The highest BCUT2D eigenvalue weighted by Gasteiger charge is 2.09. The summed E-state index contributed by atoms with van der Waals surface area (Å²) in [6.07, 6.45) is 12.4. The molecule has 1 saturated carbocycles. The topological polar surface area (TPSA) is 18.5 Å². The minimum Gasteiger partial charge on any atom is -0.529 e. The van der Waals surface area contributed by atoms with Gasteiger partial charge in [-0.3, -0.25) is 0 Å². The molecule has 0 aromatic heterocycles. The molecule has 0 spiro atoms. The van der Waals surface area contributed by atoms with Crippen LogP contribution in [-0.4, -0.2) is 16.4 Å². The molecule has 1 aliphatic rings. The Morgan fingerprint density at radius 1 is 1.14 bits per heavy atom. The third-order valence-electron chi connectivity index (χ3n) is 2.85. The summed E-state index contributed by atoms with van der Waals surface area (Å²) in [5, 5.41) is 0. The van der Waals surface area contributed by atoms with Crippen LogP contribution in [0.3, 0.4) is 0 Å². The van der Waals surface area contributed by atoms with Crippen molar-refractivity contribution >= 4 is 9.28 Å². The van der Waals surface area contributed by atoms with E-state index in [1.54, 1.807) is 7.11 Å². The Morgan fingerprint density at radius 3 is 2.36 bits per heavy atom. The number of hydrogen-bond acceptors (Lipinski definition) is 2. The molecule has 0 radical (unpaired) electrons. The summed E-state index contributed by atoms with van der Waals surface area (Å²) in [5.74, 6) is 0.746. The maximum absolute atomic E-state index is 5.47. The number of rotatable bonds is 4. The van der Waals surface area contributed by atoms with E-state index in [0.717, 1.165) is 5.92 Å². The van der Waals surface area contributed by atoms with Crippen LogP contribution in [0.15, 0.2) is 12.3 Å². The maximum Gasteiger partial charge on any atom is 0.378 e. The van der Waals surface area contributed by atoms with Gasteiger partial charge >= 0.3 is 9.28 Å². The Balaban J connectivity index is 2.20. The van der Waals surface area contributed by atoms with E-state index in [4.69, 9.17) is 8.85 Å². The van der Waals surface area contributed by atoms with Crippen LogP contribution in [0.4, 0.5) is 0 Å². The monoisotopic (exact) mass is 214 g/mol. The van der Waals surface area contributed by atoms with E-state index >= 15 is 0 Å². The van der Waals surface area contributed by atoms with Crippen LogP contribution in [0, 0.1) is 5.92 Å². The Hall–Kier alpha value is -0.283. The molecular formula is C11H22O2Si. The highest BCUT2D eigenvalue weighted by atomic mass is 28.3. The largest absolute Gasteiger partial charge is 0.529 e.